The molecular weight excluding hydrogens is 144 g/mol. The molecule has 6 heteroatoms. The molecule has 10 heavy (non-hydrogen) atoms. The average Bonchev–Trinajstić information content (AvgIpc) is 1.90. The summed E-state index contributed by atoms with van der Waals surface area (Å²) < 4.78 is 29.0. The number of halogens is 3. The van der Waals surface area contributed by atoms with Gasteiger partial charge in [-0.15, -0.1) is 0 Å². The van der Waals surface area contributed by atoms with Crippen LogP contribution in [0.1, 0.15) is 0 Å². The highest BCUT2D eigenvalue weighted by atomic mass is 19.4. The van der Waals surface area contributed by atoms with Crippen molar-refractivity contribution in [1.82, 2.24) is 10.6 Å². The second kappa shape index (κ2) is 6.89. The maximum absolute atomic E-state index is 9.67. The van der Waals surface area contributed by atoms with Gasteiger partial charge in [0.25, 0.3) is 0 Å². The molecular formula is C4H10BF3N2. The van der Waals surface area contributed by atoms with Crippen molar-refractivity contribution in [2.75, 3.05) is 26.2 Å². The summed E-state index contributed by atoms with van der Waals surface area (Å²) in [5, 5.41) is 6.44. The molecule has 1 heterocycles. The van der Waals surface area contributed by atoms with Gasteiger partial charge in [-0.1, -0.05) is 0 Å². The molecule has 0 aliphatic carbocycles. The molecule has 1 aliphatic rings. The Morgan fingerprint density at radius 2 is 1.00 bits per heavy atom. The summed E-state index contributed by atoms with van der Waals surface area (Å²) in [7, 11) is -3.67. The zero-order valence-electron chi connectivity index (χ0n) is 5.54. The molecule has 0 saturated carbocycles. The van der Waals surface area contributed by atoms with Crippen LogP contribution in [-0.2, 0) is 0 Å². The van der Waals surface area contributed by atoms with Gasteiger partial charge in [0, 0.05) is 26.2 Å². The predicted octanol–water partition coefficient (Wildman–Crippen LogP) is 0.0590. The molecule has 1 aliphatic heterocycles. The van der Waals surface area contributed by atoms with Gasteiger partial charge in [0.2, 0.25) is 0 Å². The van der Waals surface area contributed by atoms with Crippen molar-refractivity contribution >= 4 is 7.54 Å². The first-order valence-corrected chi connectivity index (χ1v) is 3.07. The zero-order chi connectivity index (χ0) is 7.82. The van der Waals surface area contributed by atoms with Gasteiger partial charge < -0.3 is 10.6 Å². The van der Waals surface area contributed by atoms with Crippen LogP contribution in [0.4, 0.5) is 12.9 Å². The molecule has 0 bridgehead atoms. The van der Waals surface area contributed by atoms with Crippen LogP contribution in [0.3, 0.4) is 0 Å². The highest BCUT2D eigenvalue weighted by Crippen LogP contribution is 1.80. The van der Waals surface area contributed by atoms with Crippen molar-refractivity contribution in [3.63, 3.8) is 0 Å². The fourth-order valence-electron chi connectivity index (χ4n) is 0.604. The lowest BCUT2D eigenvalue weighted by molar-refractivity contribution is 0.534. The van der Waals surface area contributed by atoms with Crippen LogP contribution in [-0.4, -0.2) is 33.7 Å². The van der Waals surface area contributed by atoms with E-state index in [2.05, 4.69) is 10.6 Å². The summed E-state index contributed by atoms with van der Waals surface area (Å²) in [6, 6.07) is 0. The van der Waals surface area contributed by atoms with Crippen LogP contribution < -0.4 is 10.6 Å². The smallest absolute Gasteiger partial charge is 0.314 e. The lowest BCUT2D eigenvalue weighted by Crippen LogP contribution is -2.39. The Morgan fingerprint density at radius 3 is 1.10 bits per heavy atom. The molecule has 1 rings (SSSR count). The van der Waals surface area contributed by atoms with Crippen LogP contribution >= 0.6 is 0 Å². The minimum absolute atomic E-state index is 1.14. The molecule has 0 aromatic carbocycles. The minimum atomic E-state index is -3.67. The molecule has 0 atom stereocenters. The molecule has 60 valence electrons. The topological polar surface area (TPSA) is 24.1 Å². The van der Waals surface area contributed by atoms with Gasteiger partial charge in [-0.2, -0.15) is 0 Å². The van der Waals surface area contributed by atoms with E-state index in [-0.39, 0.29) is 0 Å². The summed E-state index contributed by atoms with van der Waals surface area (Å²) in [6.45, 7) is 4.56. The normalized spacial score (nSPS) is 17.1. The van der Waals surface area contributed by atoms with Crippen molar-refractivity contribution in [1.29, 1.82) is 0 Å². The summed E-state index contributed by atoms with van der Waals surface area (Å²) in [4.78, 5) is 0. The molecule has 0 aromatic rings. The van der Waals surface area contributed by atoms with Crippen LogP contribution in [0.5, 0.6) is 0 Å². The first kappa shape index (κ1) is 9.77. The predicted molar refractivity (Wildman–Crippen MR) is 34.8 cm³/mol. The third kappa shape index (κ3) is 10.7. The summed E-state index contributed by atoms with van der Waals surface area (Å²) >= 11 is 0. The molecule has 2 nitrogen and oxygen atoms in total. The number of hydrogen-bond acceptors (Lipinski definition) is 2. The number of rotatable bonds is 0. The van der Waals surface area contributed by atoms with Gasteiger partial charge in [-0.05, 0) is 0 Å². The summed E-state index contributed by atoms with van der Waals surface area (Å²) in [5.74, 6) is 0. The Balaban J connectivity index is 0.000000180. The highest BCUT2D eigenvalue weighted by molar-refractivity contribution is 6.33. The second-order valence-corrected chi connectivity index (χ2v) is 1.75. The van der Waals surface area contributed by atoms with Gasteiger partial charge in [0.1, 0.15) is 0 Å². The second-order valence-electron chi connectivity index (χ2n) is 1.75. The van der Waals surface area contributed by atoms with Crippen molar-refractivity contribution in [3.05, 3.63) is 0 Å². The molecule has 2 N–H and O–H groups in total. The van der Waals surface area contributed by atoms with Gasteiger partial charge in [0.05, 0.1) is 0 Å². The first-order chi connectivity index (χ1) is 4.73. The van der Waals surface area contributed by atoms with Gasteiger partial charge in [-0.3, -0.25) is 12.9 Å². The van der Waals surface area contributed by atoms with Gasteiger partial charge in [-0.25, -0.2) is 0 Å². The fourth-order valence-corrected chi connectivity index (χ4v) is 0.604. The monoisotopic (exact) mass is 154 g/mol. The van der Waals surface area contributed by atoms with E-state index in [1.165, 1.54) is 0 Å². The molecule has 0 amide bonds. The van der Waals surface area contributed by atoms with E-state index in [9.17, 15) is 12.9 Å². The van der Waals surface area contributed by atoms with E-state index in [1.54, 1.807) is 0 Å². The third-order valence-corrected chi connectivity index (χ3v) is 0.957. The van der Waals surface area contributed by atoms with Crippen molar-refractivity contribution < 1.29 is 12.9 Å². The zero-order valence-corrected chi connectivity index (χ0v) is 5.54. The van der Waals surface area contributed by atoms with E-state index >= 15 is 0 Å². The molecule has 0 aromatic heterocycles. The SMILES string of the molecule is C1CNCCN1.FB(F)F. The van der Waals surface area contributed by atoms with Crippen molar-refractivity contribution in [2.24, 2.45) is 0 Å². The average molecular weight is 154 g/mol. The van der Waals surface area contributed by atoms with Crippen molar-refractivity contribution in [2.45, 2.75) is 0 Å². The Morgan fingerprint density at radius 1 is 0.800 bits per heavy atom. The van der Waals surface area contributed by atoms with E-state index in [0.717, 1.165) is 26.2 Å². The number of hydrogen-bond donors (Lipinski definition) is 2. The largest absolute Gasteiger partial charge is 0.762 e. The van der Waals surface area contributed by atoms with E-state index < -0.39 is 7.54 Å². The van der Waals surface area contributed by atoms with Crippen LogP contribution in [0.15, 0.2) is 0 Å². The van der Waals surface area contributed by atoms with Crippen LogP contribution in [0, 0.1) is 0 Å². The number of nitrogens with one attached hydrogen (secondary N) is 2. The standard InChI is InChI=1S/C4H10N2.BF3/c1-2-6-4-3-5-1;2-1(3)4/h5-6H,1-4H2;. The van der Waals surface area contributed by atoms with Gasteiger partial charge >= 0.3 is 7.54 Å². The number of piperazine rings is 1. The summed E-state index contributed by atoms with van der Waals surface area (Å²) in [6.07, 6.45) is 0. The Labute approximate surface area is 58.4 Å². The lowest BCUT2D eigenvalue weighted by atomic mass is 10.4. The molecule has 1 fully saturated rings. The summed E-state index contributed by atoms with van der Waals surface area (Å²) in [5.41, 5.74) is 0. The third-order valence-electron chi connectivity index (χ3n) is 0.957. The molecule has 0 spiro atoms. The maximum atomic E-state index is 9.67. The molecule has 0 unspecified atom stereocenters. The fraction of sp³-hybridized carbons (Fsp3) is 1.00. The molecule has 1 saturated heterocycles. The minimum Gasteiger partial charge on any atom is -0.314 e. The van der Waals surface area contributed by atoms with Gasteiger partial charge in [0.15, 0.2) is 0 Å². The van der Waals surface area contributed by atoms with Crippen LogP contribution in [0.25, 0.3) is 0 Å². The van der Waals surface area contributed by atoms with E-state index in [4.69, 9.17) is 0 Å². The quantitative estimate of drug-likeness (QED) is 0.482. The Bertz CT molecular complexity index is 55.3. The molecule has 0 radical (unpaired) electrons. The Hall–Kier alpha value is -0.225. The van der Waals surface area contributed by atoms with E-state index in [0.29, 0.717) is 0 Å². The first-order valence-electron chi connectivity index (χ1n) is 3.07. The van der Waals surface area contributed by atoms with E-state index in [1.807, 2.05) is 0 Å². The maximum Gasteiger partial charge on any atom is 0.762 e. The van der Waals surface area contributed by atoms with Crippen LogP contribution in [0.2, 0.25) is 0 Å². The lowest BCUT2D eigenvalue weighted by Gasteiger charge is -2.11. The van der Waals surface area contributed by atoms with Crippen molar-refractivity contribution in [3.8, 4) is 0 Å². The Kier molecular flexibility index (Phi) is 6.73. The highest BCUT2D eigenvalue weighted by Gasteiger charge is 2.06.